The molecule has 0 unspecified atom stereocenters. The summed E-state index contributed by atoms with van der Waals surface area (Å²) >= 11 is 6.18. The van der Waals surface area contributed by atoms with E-state index >= 15 is 0 Å². The molecule has 100 valence electrons. The van der Waals surface area contributed by atoms with Crippen LogP contribution in [0, 0.1) is 6.92 Å². The fourth-order valence-electron chi connectivity index (χ4n) is 1.69. The number of halogens is 1. The molecule has 2 heterocycles. The van der Waals surface area contributed by atoms with Crippen LogP contribution in [0.15, 0.2) is 18.3 Å². The number of hydrogen-bond acceptors (Lipinski definition) is 4. The van der Waals surface area contributed by atoms with Crippen LogP contribution in [0.25, 0.3) is 11.3 Å². The number of pyridine rings is 1. The zero-order valence-electron chi connectivity index (χ0n) is 11.4. The summed E-state index contributed by atoms with van der Waals surface area (Å²) in [5, 5.41) is 0.490. The Morgan fingerprint density at radius 3 is 2.47 bits per heavy atom. The van der Waals surface area contributed by atoms with Gasteiger partial charge in [-0.3, -0.25) is 0 Å². The lowest BCUT2D eigenvalue weighted by Crippen LogP contribution is -2.02. The summed E-state index contributed by atoms with van der Waals surface area (Å²) in [6.45, 7) is 5.99. The summed E-state index contributed by atoms with van der Waals surface area (Å²) in [6.07, 6.45) is 1.73. The van der Waals surface area contributed by atoms with Crippen LogP contribution in [0.4, 0.5) is 0 Å². The molecule has 0 spiro atoms. The Bertz CT molecular complexity index is 582. The Balaban J connectivity index is 2.53. The molecule has 0 radical (unpaired) electrons. The highest BCUT2D eigenvalue weighted by Gasteiger charge is 2.13. The molecule has 0 saturated carbocycles. The van der Waals surface area contributed by atoms with Gasteiger partial charge in [-0.1, -0.05) is 25.4 Å². The van der Waals surface area contributed by atoms with Gasteiger partial charge >= 0.3 is 0 Å². The van der Waals surface area contributed by atoms with Gasteiger partial charge in [0.1, 0.15) is 11.0 Å². The molecule has 0 aliphatic heterocycles. The predicted molar refractivity (Wildman–Crippen MR) is 75.7 cm³/mol. The van der Waals surface area contributed by atoms with Crippen molar-refractivity contribution in [3.63, 3.8) is 0 Å². The second-order valence-electron chi connectivity index (χ2n) is 4.59. The quantitative estimate of drug-likeness (QED) is 0.804. The SMILES string of the molecule is COc1ccc(-c2nc(C(C)C)nc(Cl)c2C)cn1. The van der Waals surface area contributed by atoms with Gasteiger partial charge in [-0.05, 0) is 13.0 Å². The maximum absolute atomic E-state index is 6.18. The smallest absolute Gasteiger partial charge is 0.212 e. The Morgan fingerprint density at radius 2 is 1.95 bits per heavy atom. The van der Waals surface area contributed by atoms with Crippen LogP contribution < -0.4 is 4.74 Å². The minimum Gasteiger partial charge on any atom is -0.481 e. The molecule has 0 N–H and O–H groups in total. The number of nitrogens with zero attached hydrogens (tertiary/aromatic N) is 3. The highest BCUT2D eigenvalue weighted by atomic mass is 35.5. The molecule has 0 aliphatic carbocycles. The Morgan fingerprint density at radius 1 is 1.21 bits per heavy atom. The molecule has 4 nitrogen and oxygen atoms in total. The van der Waals surface area contributed by atoms with Crippen molar-refractivity contribution in [2.75, 3.05) is 7.11 Å². The molecule has 0 saturated heterocycles. The molecule has 0 aliphatic rings. The summed E-state index contributed by atoms with van der Waals surface area (Å²) in [5.41, 5.74) is 2.58. The van der Waals surface area contributed by atoms with Crippen molar-refractivity contribution in [3.05, 3.63) is 34.9 Å². The molecule has 0 bridgehead atoms. The molecule has 0 fully saturated rings. The van der Waals surface area contributed by atoms with Gasteiger partial charge < -0.3 is 4.74 Å². The van der Waals surface area contributed by atoms with E-state index < -0.39 is 0 Å². The van der Waals surface area contributed by atoms with Gasteiger partial charge in [0.25, 0.3) is 0 Å². The van der Waals surface area contributed by atoms with Gasteiger partial charge in [-0.2, -0.15) is 0 Å². The van der Waals surface area contributed by atoms with Gasteiger partial charge in [-0.15, -0.1) is 0 Å². The third kappa shape index (κ3) is 2.84. The van der Waals surface area contributed by atoms with Crippen LogP contribution in [0.3, 0.4) is 0 Å². The van der Waals surface area contributed by atoms with Gasteiger partial charge in [0.05, 0.1) is 12.8 Å². The van der Waals surface area contributed by atoms with Crippen LogP contribution >= 0.6 is 11.6 Å². The lowest BCUT2D eigenvalue weighted by atomic mass is 10.1. The molecule has 0 aromatic carbocycles. The molecule has 0 amide bonds. The van der Waals surface area contributed by atoms with Crippen LogP contribution in [-0.4, -0.2) is 22.1 Å². The third-order valence-corrected chi connectivity index (χ3v) is 3.21. The summed E-state index contributed by atoms with van der Waals surface area (Å²) in [5.74, 6) is 1.54. The zero-order chi connectivity index (χ0) is 14.0. The molecule has 2 aromatic heterocycles. The van der Waals surface area contributed by atoms with Crippen LogP contribution in [0.1, 0.15) is 31.2 Å². The normalized spacial score (nSPS) is 10.8. The molecule has 2 aromatic rings. The summed E-state index contributed by atoms with van der Waals surface area (Å²) in [4.78, 5) is 13.1. The lowest BCUT2D eigenvalue weighted by molar-refractivity contribution is 0.398. The van der Waals surface area contributed by atoms with E-state index in [1.165, 1.54) is 0 Å². The molecule has 2 rings (SSSR count). The highest BCUT2D eigenvalue weighted by molar-refractivity contribution is 6.30. The van der Waals surface area contributed by atoms with Gasteiger partial charge in [0, 0.05) is 29.3 Å². The van der Waals surface area contributed by atoms with Crippen molar-refractivity contribution < 1.29 is 4.74 Å². The van der Waals surface area contributed by atoms with Crippen LogP contribution in [0.5, 0.6) is 5.88 Å². The van der Waals surface area contributed by atoms with Crippen molar-refractivity contribution in [2.45, 2.75) is 26.7 Å². The number of aromatic nitrogens is 3. The fourth-order valence-corrected chi connectivity index (χ4v) is 1.86. The van der Waals surface area contributed by atoms with Crippen LogP contribution in [-0.2, 0) is 0 Å². The largest absolute Gasteiger partial charge is 0.481 e. The van der Waals surface area contributed by atoms with E-state index in [0.717, 1.165) is 22.6 Å². The number of ether oxygens (including phenoxy) is 1. The van der Waals surface area contributed by atoms with Crippen molar-refractivity contribution in [3.8, 4) is 17.1 Å². The Labute approximate surface area is 117 Å². The van der Waals surface area contributed by atoms with Crippen molar-refractivity contribution >= 4 is 11.6 Å². The molecular weight excluding hydrogens is 262 g/mol. The second kappa shape index (κ2) is 5.53. The number of rotatable bonds is 3. The predicted octanol–water partition coefficient (Wildman–Crippen LogP) is 3.63. The molecular formula is C14H16ClN3O. The first-order valence-corrected chi connectivity index (χ1v) is 6.45. The average Bonchev–Trinajstić information content (AvgIpc) is 2.41. The van der Waals surface area contributed by atoms with E-state index in [2.05, 4.69) is 15.0 Å². The Hall–Kier alpha value is -1.68. The van der Waals surface area contributed by atoms with Crippen molar-refractivity contribution in [1.29, 1.82) is 0 Å². The standard InChI is InChI=1S/C14H16ClN3O/c1-8(2)14-17-12(9(3)13(15)18-14)10-5-6-11(19-4)16-7-10/h5-8H,1-4H3. The van der Waals surface area contributed by atoms with E-state index in [-0.39, 0.29) is 5.92 Å². The van der Waals surface area contributed by atoms with Gasteiger partial charge in [0.2, 0.25) is 5.88 Å². The van der Waals surface area contributed by atoms with Crippen molar-refractivity contribution in [2.24, 2.45) is 0 Å². The maximum Gasteiger partial charge on any atom is 0.212 e. The van der Waals surface area contributed by atoms with Crippen molar-refractivity contribution in [1.82, 2.24) is 15.0 Å². The first kappa shape index (κ1) is 13.7. The van der Waals surface area contributed by atoms with E-state index in [9.17, 15) is 0 Å². The fraction of sp³-hybridized carbons (Fsp3) is 0.357. The zero-order valence-corrected chi connectivity index (χ0v) is 12.2. The molecule has 19 heavy (non-hydrogen) atoms. The van der Waals surface area contributed by atoms with E-state index in [1.807, 2.05) is 26.8 Å². The highest BCUT2D eigenvalue weighted by Crippen LogP contribution is 2.27. The monoisotopic (exact) mass is 277 g/mol. The maximum atomic E-state index is 6.18. The average molecular weight is 278 g/mol. The van der Waals surface area contributed by atoms with Gasteiger partial charge in [0.15, 0.2) is 0 Å². The Kier molecular flexibility index (Phi) is 4.00. The number of hydrogen-bond donors (Lipinski definition) is 0. The molecule has 0 atom stereocenters. The second-order valence-corrected chi connectivity index (χ2v) is 4.95. The first-order valence-electron chi connectivity index (χ1n) is 6.07. The number of methoxy groups -OCH3 is 1. The summed E-state index contributed by atoms with van der Waals surface area (Å²) < 4.78 is 5.05. The lowest BCUT2D eigenvalue weighted by Gasteiger charge is -2.11. The first-order chi connectivity index (χ1) is 9.02. The third-order valence-electron chi connectivity index (χ3n) is 2.84. The van der Waals surface area contributed by atoms with E-state index in [4.69, 9.17) is 16.3 Å². The molecule has 5 heteroatoms. The van der Waals surface area contributed by atoms with E-state index in [0.29, 0.717) is 11.0 Å². The van der Waals surface area contributed by atoms with E-state index in [1.54, 1.807) is 19.4 Å². The summed E-state index contributed by atoms with van der Waals surface area (Å²) in [7, 11) is 1.59. The van der Waals surface area contributed by atoms with Gasteiger partial charge in [-0.25, -0.2) is 15.0 Å². The minimum absolute atomic E-state index is 0.225. The topological polar surface area (TPSA) is 47.9 Å². The summed E-state index contributed by atoms with van der Waals surface area (Å²) in [6, 6.07) is 3.72. The minimum atomic E-state index is 0.225. The van der Waals surface area contributed by atoms with Crippen LogP contribution in [0.2, 0.25) is 5.15 Å².